The number of hydrogen-bond donors (Lipinski definition) is 0. The summed E-state index contributed by atoms with van der Waals surface area (Å²) in [6, 6.07) is 38.3. The fraction of sp³-hybridized carbons (Fsp3) is 0.622. The van der Waals surface area contributed by atoms with Gasteiger partial charge in [-0.2, -0.15) is 26.3 Å². The Hall–Kier alpha value is -8.39. The van der Waals surface area contributed by atoms with Crippen molar-refractivity contribution in [2.24, 2.45) is 0 Å². The second-order valence-electron chi connectivity index (χ2n) is 57.9. The van der Waals surface area contributed by atoms with Crippen LogP contribution in [0.3, 0.4) is 0 Å². The van der Waals surface area contributed by atoms with Crippen LogP contribution in [0.5, 0.6) is 11.6 Å². The van der Waals surface area contributed by atoms with Crippen LogP contribution < -0.4 is 9.47 Å². The molecule has 0 bridgehead atoms. The molecular weight excluding hydrogens is 1900 g/mol. The molecule has 0 fully saturated rings. The molecule has 834 valence electrons. The van der Waals surface area contributed by atoms with E-state index >= 15 is 0 Å². The summed E-state index contributed by atoms with van der Waals surface area (Å²) >= 11 is 6.32. The second kappa shape index (κ2) is 48.9. The Morgan fingerprint density at radius 1 is 0.203 bits per heavy atom. The molecule has 8 nitrogen and oxygen atoms in total. The molecule has 0 N–H and O–H groups in total. The summed E-state index contributed by atoms with van der Waals surface area (Å²) in [7, 11) is 0. The van der Waals surface area contributed by atoms with Crippen LogP contribution in [0.15, 0.2) is 134 Å². The molecule has 0 radical (unpaired) electrons. The summed E-state index contributed by atoms with van der Waals surface area (Å²) in [5.74, 6) is -0.570. The van der Waals surface area contributed by atoms with E-state index in [1.165, 1.54) is 79.2 Å². The third-order valence-corrected chi connectivity index (χ3v) is 24.6. The highest BCUT2D eigenvalue weighted by atomic mass is 35.5. The lowest BCUT2D eigenvalue weighted by molar-refractivity contribution is -0.277. The van der Waals surface area contributed by atoms with Gasteiger partial charge >= 0.3 is 25.1 Å². The van der Waals surface area contributed by atoms with Gasteiger partial charge in [0.1, 0.15) is 5.69 Å². The summed E-state index contributed by atoms with van der Waals surface area (Å²) in [6.45, 7) is 117. The topological polar surface area (TPSA) is 95.8 Å². The predicted molar refractivity (Wildman–Crippen MR) is 604 cm³/mol. The third kappa shape index (κ3) is 46.3. The number of aromatic nitrogens is 6. The normalized spacial score (nSPS) is 13.3. The fourth-order valence-corrected chi connectivity index (χ4v) is 15.7. The van der Waals surface area contributed by atoms with Crippen LogP contribution in [0.1, 0.15) is 503 Å². The fourth-order valence-electron chi connectivity index (χ4n) is 15.2. The Morgan fingerprint density at radius 3 is 0.770 bits per heavy atom. The highest BCUT2D eigenvalue weighted by Crippen LogP contribution is 2.45. The molecule has 0 spiro atoms. The zero-order chi connectivity index (χ0) is 117. The number of alkyl halides is 12. The quantitative estimate of drug-likeness (QED) is 0.158. The van der Waals surface area contributed by atoms with Gasteiger partial charge < -0.3 is 9.47 Å². The number of pyridine rings is 6. The van der Waals surface area contributed by atoms with Crippen LogP contribution in [0.25, 0.3) is 0 Å². The first-order valence-corrected chi connectivity index (χ1v) is 52.1. The molecule has 0 aliphatic rings. The van der Waals surface area contributed by atoms with E-state index in [4.69, 9.17) is 16.6 Å². The molecule has 9 aromatic rings. The zero-order valence-corrected chi connectivity index (χ0v) is 103. The number of nitrogens with zero attached hydrogens (tertiary/aromatic N) is 6. The van der Waals surface area contributed by atoms with E-state index in [0.29, 0.717) is 33.8 Å². The number of halogens is 13. The van der Waals surface area contributed by atoms with Gasteiger partial charge in [-0.25, -0.2) is 9.97 Å². The van der Waals surface area contributed by atoms with Crippen molar-refractivity contribution in [3.05, 3.63) is 268 Å². The molecule has 21 heteroatoms. The van der Waals surface area contributed by atoms with Gasteiger partial charge in [0.05, 0.1) is 17.0 Å². The molecule has 9 rings (SSSR count). The van der Waals surface area contributed by atoms with Gasteiger partial charge in [-0.3, -0.25) is 19.9 Å². The van der Waals surface area contributed by atoms with Gasteiger partial charge in [-0.05, 0) is 194 Å². The van der Waals surface area contributed by atoms with Gasteiger partial charge in [0.15, 0.2) is 5.75 Å². The molecule has 0 aliphatic heterocycles. The van der Waals surface area contributed by atoms with E-state index in [9.17, 15) is 52.7 Å². The van der Waals surface area contributed by atoms with Gasteiger partial charge in [0, 0.05) is 90.1 Å². The molecular formula is C127H193ClF12N6O2. The molecule has 6 heterocycles. The summed E-state index contributed by atoms with van der Waals surface area (Å²) in [4.78, 5) is 25.5. The van der Waals surface area contributed by atoms with Gasteiger partial charge in [-0.15, -0.1) is 26.3 Å². The van der Waals surface area contributed by atoms with E-state index in [1.807, 2.05) is 110 Å². The number of ether oxygens (including phenoxy) is 2. The van der Waals surface area contributed by atoms with Crippen molar-refractivity contribution < 1.29 is 62.2 Å². The lowest BCUT2D eigenvalue weighted by atomic mass is 9.80. The molecule has 0 saturated heterocycles. The number of aryl methyl sites for hydroxylation is 3. The van der Waals surface area contributed by atoms with Crippen LogP contribution in [0, 0.1) is 20.8 Å². The van der Waals surface area contributed by atoms with Crippen LogP contribution in [0.2, 0.25) is 5.02 Å². The van der Waals surface area contributed by atoms with Crippen LogP contribution in [-0.2, 0) is 110 Å². The monoisotopic (exact) mass is 2100 g/mol. The maximum Gasteiger partial charge on any atom is 0.574 e. The van der Waals surface area contributed by atoms with Crippen LogP contribution in [0.4, 0.5) is 52.7 Å². The zero-order valence-electron chi connectivity index (χ0n) is 102. The summed E-state index contributed by atoms with van der Waals surface area (Å²) < 4.78 is 162. The third-order valence-electron chi connectivity index (χ3n) is 24.3. The standard InChI is InChI=1S/C15H24.C14H21Cl.2C14H20F3NO.2C14H20F3N.2C14H23N.C14H22/c1-11-10-12(14(2,3)4)8-9-13(11)15(5,6)7;1-13(2,3)10-7-8-11(12(15)9-10)14(4,5)6;1-12(2,3)9-7-10(19-14(15,16)17)11(18-8-9)13(4,5)6;1-12(2,3)9-7-8-10(13(4,5)6)18-11(9)19-14(15,16)17;1-12(2,3)9-7-10(14(15,16)17)11(18-8-9)13(4,5)6;1-12(2,3)9-7-8-10(13(4,5)6)18-11(9)14(15,16)17;1-10-8-11(13(2,3)4)9-15-12(10)14(5,6)7;1-10-11(13(2,3)4)8-9-12(15-10)14(5,6)7;1-13(2,3)11-7-9-12(10-8-11)14(4,5)6/h8-10H,1-7H3;7-9H,1-6H3;2*7-8H,1-6H3;2*7-8H,1-6H3;2*8-9H,1-7H3;7-10H,1-6H3. The lowest BCUT2D eigenvalue weighted by Gasteiger charge is -2.26. The van der Waals surface area contributed by atoms with Gasteiger partial charge in [-0.1, -0.05) is 464 Å². The SMILES string of the molecule is CC(C)(C)c1ccc(C(C)(C)C)c(C(F)(F)F)n1.CC(C)(C)c1ccc(C(C)(C)C)c(Cl)c1.CC(C)(C)c1ccc(C(C)(C)C)c(OC(F)(F)F)n1.CC(C)(C)c1ccc(C(C)(C)C)cc1.CC(C)(C)c1cnc(C(C)(C)C)c(C(F)(F)F)c1.CC(C)(C)c1cnc(C(C)(C)C)c(OC(F)(F)F)c1.Cc1cc(C(C)(C)C)ccc1C(C)(C)C.Cc1cc(C(C)(C)C)cnc1C(C)(C)C.Cc1nc(C(C)(C)C)ccc1C(C)(C)C. The van der Waals surface area contributed by atoms with E-state index < -0.39 is 63.4 Å². The van der Waals surface area contributed by atoms with Crippen molar-refractivity contribution in [3.8, 4) is 11.6 Å². The van der Waals surface area contributed by atoms with Crippen LogP contribution in [-0.4, -0.2) is 42.6 Å². The minimum atomic E-state index is -4.73. The Bertz CT molecular complexity index is 5220. The Morgan fingerprint density at radius 2 is 0.480 bits per heavy atom. The molecule has 6 aromatic heterocycles. The maximum atomic E-state index is 13.1. The second-order valence-corrected chi connectivity index (χ2v) is 58.4. The first-order valence-electron chi connectivity index (χ1n) is 51.7. The minimum absolute atomic E-state index is 0.100. The highest BCUT2D eigenvalue weighted by molar-refractivity contribution is 6.31. The first kappa shape index (κ1) is 138. The van der Waals surface area contributed by atoms with Crippen LogP contribution >= 0.6 is 11.6 Å². The summed E-state index contributed by atoms with van der Waals surface area (Å²) in [6.07, 6.45) is -13.0. The molecule has 0 unspecified atom stereocenters. The smallest absolute Gasteiger partial charge is 0.404 e. The molecule has 0 saturated carbocycles. The Balaban J connectivity index is 0.000000834. The lowest BCUT2D eigenvalue weighted by Crippen LogP contribution is -2.24. The van der Waals surface area contributed by atoms with E-state index in [2.05, 4.69) is 342 Å². The van der Waals surface area contributed by atoms with Crippen molar-refractivity contribution in [2.75, 3.05) is 0 Å². The Labute approximate surface area is 895 Å². The Kier molecular flexibility index (Phi) is 45.5. The maximum absolute atomic E-state index is 13.1. The molecule has 148 heavy (non-hydrogen) atoms. The number of benzene rings is 3. The summed E-state index contributed by atoms with van der Waals surface area (Å²) in [5.41, 5.74) is 17.6. The number of rotatable bonds is 2. The largest absolute Gasteiger partial charge is 0.574 e. The minimum Gasteiger partial charge on any atom is -0.404 e. The molecule has 3 aromatic carbocycles. The number of hydrogen-bond acceptors (Lipinski definition) is 8. The highest BCUT2D eigenvalue weighted by Gasteiger charge is 2.43. The van der Waals surface area contributed by atoms with Crippen molar-refractivity contribution in [1.29, 1.82) is 0 Å². The average molecular weight is 2100 g/mol. The van der Waals surface area contributed by atoms with Crippen molar-refractivity contribution in [3.63, 3.8) is 0 Å². The summed E-state index contributed by atoms with van der Waals surface area (Å²) in [5, 5.41) is 0.884. The van der Waals surface area contributed by atoms with Crippen molar-refractivity contribution >= 4 is 11.6 Å². The predicted octanol–water partition coefficient (Wildman–Crippen LogP) is 40.3. The van der Waals surface area contributed by atoms with E-state index in [-0.39, 0.29) is 93.3 Å². The first-order chi connectivity index (χ1) is 65.0. The van der Waals surface area contributed by atoms with Gasteiger partial charge in [0.2, 0.25) is 5.88 Å². The average Bonchev–Trinajstić information content (AvgIpc) is 0.779. The van der Waals surface area contributed by atoms with Crippen molar-refractivity contribution in [2.45, 2.75) is 517 Å². The molecule has 0 amide bonds. The molecule has 0 atom stereocenters. The van der Waals surface area contributed by atoms with Gasteiger partial charge in [0.25, 0.3) is 0 Å². The van der Waals surface area contributed by atoms with E-state index in [0.717, 1.165) is 10.7 Å². The van der Waals surface area contributed by atoms with E-state index in [1.54, 1.807) is 99.0 Å². The molecule has 0 aliphatic carbocycles. The van der Waals surface area contributed by atoms with Crippen molar-refractivity contribution in [1.82, 2.24) is 29.9 Å².